The molecule has 0 fully saturated rings. The van der Waals surface area contributed by atoms with E-state index in [1.54, 1.807) is 11.1 Å². The van der Waals surface area contributed by atoms with Gasteiger partial charge in [-0.05, 0) is 25.7 Å². The molecule has 0 bridgehead atoms. The third kappa shape index (κ3) is 6.07. The summed E-state index contributed by atoms with van der Waals surface area (Å²) in [5.74, 6) is 2.74. The molecule has 0 saturated heterocycles. The quantitative estimate of drug-likeness (QED) is 0.261. The van der Waals surface area contributed by atoms with E-state index in [1.165, 1.54) is 12.8 Å². The molecule has 0 aliphatic heterocycles. The van der Waals surface area contributed by atoms with Crippen molar-refractivity contribution in [1.29, 1.82) is 0 Å². The predicted molar refractivity (Wildman–Crippen MR) is 99.7 cm³/mol. The molecule has 114 valence electrons. The molecule has 0 aromatic rings. The zero-order valence-corrected chi connectivity index (χ0v) is 17.6. The van der Waals surface area contributed by atoms with E-state index in [-0.39, 0.29) is 61.1 Å². The molecule has 3 heteroatoms. The van der Waals surface area contributed by atoms with Gasteiger partial charge in [0.05, 0.1) is 0 Å². The normalized spacial score (nSPS) is 15.2. The van der Waals surface area contributed by atoms with E-state index in [2.05, 4.69) is 49.3 Å². The maximum Gasteiger partial charge on any atom is 0.0105 e. The number of hydrogen-bond donors (Lipinski definition) is 0. The summed E-state index contributed by atoms with van der Waals surface area (Å²) in [6.45, 7) is 2.40. The van der Waals surface area contributed by atoms with Gasteiger partial charge in [0.15, 0.2) is 0 Å². The van der Waals surface area contributed by atoms with Crippen molar-refractivity contribution in [2.75, 3.05) is 0 Å². The summed E-state index contributed by atoms with van der Waals surface area (Å²) < 4.78 is 0. The van der Waals surface area contributed by atoms with E-state index < -0.39 is 0 Å². The van der Waals surface area contributed by atoms with Crippen LogP contribution in [0, 0.1) is 17.8 Å². The van der Waals surface area contributed by atoms with Crippen LogP contribution < -0.4 is 0 Å². The van der Waals surface area contributed by atoms with Crippen LogP contribution >= 0.6 is 34.0 Å². The summed E-state index contributed by atoms with van der Waals surface area (Å²) in [6.07, 6.45) is 25.6. The maximum atomic E-state index is 5.33. The van der Waals surface area contributed by atoms with Gasteiger partial charge in [0.25, 0.3) is 0 Å². The van der Waals surface area contributed by atoms with Crippen molar-refractivity contribution in [3.05, 3.63) is 47.6 Å². The van der Waals surface area contributed by atoms with Crippen molar-refractivity contribution in [2.45, 2.75) is 45.4 Å². The van der Waals surface area contributed by atoms with Crippen LogP contribution in [0.4, 0.5) is 0 Å². The van der Waals surface area contributed by atoms with Gasteiger partial charge in [-0.3, -0.25) is 0 Å². The average Bonchev–Trinajstić information content (AvgIpc) is 3.05. The molecular formula is C18H24Br2Ti. The number of terminal acetylenes is 1. The number of unbranched alkanes of at least 4 members (excludes halogenated alkanes) is 2. The summed E-state index contributed by atoms with van der Waals surface area (Å²) in [7, 11) is 0. The molecule has 0 nitrogen and oxygen atoms in total. The molecule has 0 saturated carbocycles. The molecule has 0 aromatic heterocycles. The Morgan fingerprint density at radius 2 is 1.57 bits per heavy atom. The van der Waals surface area contributed by atoms with Gasteiger partial charge in [0.2, 0.25) is 0 Å². The third-order valence-electron chi connectivity index (χ3n) is 4.21. The Kier molecular flexibility index (Phi) is 13.1. The van der Waals surface area contributed by atoms with Crippen molar-refractivity contribution in [3.63, 3.8) is 0 Å². The third-order valence-corrected chi connectivity index (χ3v) is 4.21. The van der Waals surface area contributed by atoms with E-state index in [4.69, 9.17) is 6.42 Å². The van der Waals surface area contributed by atoms with Gasteiger partial charge in [-0.1, -0.05) is 60.9 Å². The van der Waals surface area contributed by atoms with Crippen LogP contribution in [0.5, 0.6) is 0 Å². The van der Waals surface area contributed by atoms with Gasteiger partial charge >= 0.3 is 0 Å². The summed E-state index contributed by atoms with van der Waals surface area (Å²) in [5.41, 5.74) is 3.37. The molecule has 0 amide bonds. The van der Waals surface area contributed by atoms with Crippen LogP contribution in [0.2, 0.25) is 0 Å². The van der Waals surface area contributed by atoms with Gasteiger partial charge in [-0.2, -0.15) is 0 Å². The molecule has 2 rings (SSSR count). The smallest absolute Gasteiger partial charge is 0.0105 e. The van der Waals surface area contributed by atoms with Gasteiger partial charge in [0, 0.05) is 33.6 Å². The summed E-state index contributed by atoms with van der Waals surface area (Å²) >= 11 is 0. The van der Waals surface area contributed by atoms with Crippen molar-refractivity contribution >= 4 is 34.0 Å². The monoisotopic (exact) mass is 446 g/mol. The first kappa shape index (κ1) is 23.5. The Morgan fingerprint density at radius 1 is 1.05 bits per heavy atom. The van der Waals surface area contributed by atoms with Crippen LogP contribution in [-0.2, 0) is 21.7 Å². The molecule has 0 radical (unpaired) electrons. The second-order valence-electron chi connectivity index (χ2n) is 5.39. The topological polar surface area (TPSA) is 0 Å². The molecule has 0 atom stereocenters. The first-order valence-corrected chi connectivity index (χ1v) is 6.93. The second-order valence-corrected chi connectivity index (χ2v) is 5.39. The molecule has 2 aliphatic rings. The minimum Gasteiger partial charge on any atom is -0.120 e. The van der Waals surface area contributed by atoms with Crippen molar-refractivity contribution in [2.24, 2.45) is 5.41 Å². The average molecular weight is 448 g/mol. The molecule has 2 aliphatic carbocycles. The molecule has 0 N–H and O–H groups in total. The Hall–Kier alpha value is 0.194. The Labute approximate surface area is 165 Å². The van der Waals surface area contributed by atoms with Crippen LogP contribution in [0.25, 0.3) is 0 Å². The molecule has 21 heavy (non-hydrogen) atoms. The van der Waals surface area contributed by atoms with E-state index in [0.29, 0.717) is 0 Å². The molecule has 0 unspecified atom stereocenters. The maximum absolute atomic E-state index is 5.33. The fraction of sp³-hybridized carbons (Fsp3) is 0.444. The summed E-state index contributed by atoms with van der Waals surface area (Å²) in [6, 6.07) is 0. The molecule has 0 aromatic carbocycles. The van der Waals surface area contributed by atoms with Crippen LogP contribution in [0.15, 0.2) is 47.6 Å². The minimum atomic E-state index is 0. The zero-order chi connectivity index (χ0) is 12.8. The summed E-state index contributed by atoms with van der Waals surface area (Å²) in [4.78, 5) is 0. The summed E-state index contributed by atoms with van der Waals surface area (Å²) in [5, 5.41) is 0. The predicted octanol–water partition coefficient (Wildman–Crippen LogP) is 6.11. The van der Waals surface area contributed by atoms with Crippen molar-refractivity contribution in [1.82, 2.24) is 0 Å². The molecule has 0 spiro atoms. The first-order valence-electron chi connectivity index (χ1n) is 6.93. The molecule has 0 heterocycles. The molecular weight excluding hydrogens is 424 g/mol. The van der Waals surface area contributed by atoms with Crippen LogP contribution in [0.3, 0.4) is 0 Å². The van der Waals surface area contributed by atoms with Crippen molar-refractivity contribution in [3.8, 4) is 12.3 Å². The second kappa shape index (κ2) is 11.7. The van der Waals surface area contributed by atoms with E-state index in [1.807, 2.05) is 0 Å². The number of halogens is 2. The fourth-order valence-corrected chi connectivity index (χ4v) is 2.95. The Balaban J connectivity index is 0. The largest absolute Gasteiger partial charge is 0.120 e. The number of hydrogen-bond acceptors (Lipinski definition) is 0. The van der Waals surface area contributed by atoms with Crippen LogP contribution in [-0.4, -0.2) is 0 Å². The van der Waals surface area contributed by atoms with Gasteiger partial charge in [-0.25, -0.2) is 0 Å². The fourth-order valence-electron chi connectivity index (χ4n) is 2.95. The minimum absolute atomic E-state index is 0. The van der Waals surface area contributed by atoms with Crippen molar-refractivity contribution < 1.29 is 21.7 Å². The SMILES string of the molecule is Br.Br.C#CCCCCC(C)(C1=CC=CC1)C1=CC=CC1.[Ti]. The van der Waals surface area contributed by atoms with Gasteiger partial charge in [0.1, 0.15) is 0 Å². The van der Waals surface area contributed by atoms with E-state index in [0.717, 1.165) is 25.7 Å². The van der Waals surface area contributed by atoms with E-state index in [9.17, 15) is 0 Å². The number of allylic oxidation sites excluding steroid dienone is 8. The standard InChI is InChI=1S/C18H22.2BrH.Ti/c1-3-4-5-10-15-18(2,16-11-6-7-12-16)17-13-8-9-14-17;;;/h1,6-9,11,13H,4-5,10,12,14-15H2,2H3;2*1H;. The number of rotatable bonds is 6. The van der Waals surface area contributed by atoms with Gasteiger partial charge < -0.3 is 0 Å². The zero-order valence-electron chi connectivity index (χ0n) is 12.6. The Bertz CT molecular complexity index is 434. The first-order chi connectivity index (χ1) is 8.77. The van der Waals surface area contributed by atoms with E-state index >= 15 is 0 Å². The van der Waals surface area contributed by atoms with Gasteiger partial charge in [-0.15, -0.1) is 46.3 Å². The Morgan fingerprint density at radius 3 is 1.95 bits per heavy atom. The van der Waals surface area contributed by atoms with Crippen LogP contribution in [0.1, 0.15) is 45.4 Å².